The fraction of sp³-hybridized carbons (Fsp3) is 0.409. The normalized spacial score (nSPS) is 19.6. The highest BCUT2D eigenvalue weighted by Crippen LogP contribution is 2.36. The molecule has 0 saturated carbocycles. The first-order valence-corrected chi connectivity index (χ1v) is 10.9. The average molecular weight is 407 g/mol. The molecule has 1 saturated heterocycles. The molecule has 1 aliphatic rings. The number of carbonyl (C=O) groups excluding carboxylic acids is 1. The van der Waals surface area contributed by atoms with Crippen LogP contribution in [0.5, 0.6) is 0 Å². The van der Waals surface area contributed by atoms with Crippen molar-refractivity contribution in [3.05, 3.63) is 71.8 Å². The van der Waals surface area contributed by atoms with Crippen LogP contribution in [0, 0.1) is 0 Å². The number of ether oxygens (including phenoxy) is 1. The lowest BCUT2D eigenvalue weighted by Gasteiger charge is -2.27. The topological polar surface area (TPSA) is 46.5 Å². The molecule has 2 aromatic rings. The van der Waals surface area contributed by atoms with Crippen LogP contribution in [0.1, 0.15) is 48.0 Å². The van der Waals surface area contributed by atoms with Crippen LogP contribution >= 0.6 is 24.4 Å². The van der Waals surface area contributed by atoms with Crippen LogP contribution < -0.4 is 0 Å². The van der Waals surface area contributed by atoms with E-state index in [9.17, 15) is 4.79 Å². The third kappa shape index (κ3) is 11.2. The zero-order valence-corrected chi connectivity index (χ0v) is 17.7. The summed E-state index contributed by atoms with van der Waals surface area (Å²) in [5, 5.41) is 8.50. The first kappa shape index (κ1) is 23.8. The molecule has 0 radical (unpaired) electrons. The maximum absolute atomic E-state index is 10.0. The first-order chi connectivity index (χ1) is 13.1. The van der Waals surface area contributed by atoms with E-state index in [1.165, 1.54) is 17.7 Å². The standard InChI is InChI=1S/C11H14OS.C7H6O.C4H10OS/c1-9-7-8-13-11(12-9)10-5-3-2-4-6-10;8-6-7-4-2-1-3-5-7;1-4(5)2-3-6/h2-6,9,11H,7-8H2,1H3;1-6H;4-6H,2-3H2,1H3. The van der Waals surface area contributed by atoms with Gasteiger partial charge in [0.05, 0.1) is 12.2 Å². The Balaban J connectivity index is 0.000000224. The molecule has 148 valence electrons. The number of thiol groups is 1. The van der Waals surface area contributed by atoms with Crippen LogP contribution in [0.4, 0.5) is 0 Å². The highest BCUT2D eigenvalue weighted by Gasteiger charge is 2.20. The van der Waals surface area contributed by atoms with Crippen molar-refractivity contribution in [1.82, 2.24) is 0 Å². The van der Waals surface area contributed by atoms with E-state index >= 15 is 0 Å². The maximum atomic E-state index is 10.0. The largest absolute Gasteiger partial charge is 0.393 e. The van der Waals surface area contributed by atoms with Gasteiger partial charge in [-0.1, -0.05) is 60.7 Å². The number of hydrogen-bond donors (Lipinski definition) is 2. The number of benzene rings is 2. The molecule has 0 amide bonds. The second-order valence-electron chi connectivity index (χ2n) is 6.24. The highest BCUT2D eigenvalue weighted by atomic mass is 32.2. The molecule has 0 spiro atoms. The molecule has 1 aliphatic heterocycles. The van der Waals surface area contributed by atoms with Crippen molar-refractivity contribution in [2.45, 2.75) is 44.3 Å². The molecule has 1 heterocycles. The van der Waals surface area contributed by atoms with E-state index in [0.717, 1.165) is 24.0 Å². The fourth-order valence-corrected chi connectivity index (χ4v) is 3.84. The molecule has 0 bridgehead atoms. The second kappa shape index (κ2) is 14.7. The van der Waals surface area contributed by atoms with Crippen LogP contribution in [0.2, 0.25) is 0 Å². The Bertz CT molecular complexity index is 605. The van der Waals surface area contributed by atoms with E-state index in [2.05, 4.69) is 43.8 Å². The zero-order valence-electron chi connectivity index (χ0n) is 16.0. The summed E-state index contributed by atoms with van der Waals surface area (Å²) in [7, 11) is 0. The predicted octanol–water partition coefficient (Wildman–Crippen LogP) is 5.41. The van der Waals surface area contributed by atoms with Gasteiger partial charge in [0.2, 0.25) is 0 Å². The summed E-state index contributed by atoms with van der Waals surface area (Å²) in [5.74, 6) is 1.98. The van der Waals surface area contributed by atoms with Gasteiger partial charge in [-0.25, -0.2) is 0 Å². The molecule has 3 atom stereocenters. The third-order valence-electron chi connectivity index (χ3n) is 3.70. The molecule has 3 unspecified atom stereocenters. The van der Waals surface area contributed by atoms with E-state index in [-0.39, 0.29) is 11.5 Å². The Morgan fingerprint density at radius 2 is 1.78 bits per heavy atom. The monoisotopic (exact) mass is 406 g/mol. The minimum atomic E-state index is -0.178. The van der Waals surface area contributed by atoms with Gasteiger partial charge in [0.1, 0.15) is 11.7 Å². The van der Waals surface area contributed by atoms with Crippen LogP contribution in [-0.2, 0) is 4.74 Å². The number of rotatable bonds is 4. The Morgan fingerprint density at radius 1 is 1.19 bits per heavy atom. The minimum Gasteiger partial charge on any atom is -0.393 e. The van der Waals surface area contributed by atoms with Gasteiger partial charge in [0.15, 0.2) is 0 Å². The van der Waals surface area contributed by atoms with E-state index in [0.29, 0.717) is 6.10 Å². The van der Waals surface area contributed by atoms with E-state index in [4.69, 9.17) is 9.84 Å². The smallest absolute Gasteiger partial charge is 0.150 e. The predicted molar refractivity (Wildman–Crippen MR) is 119 cm³/mol. The minimum absolute atomic E-state index is 0.178. The lowest BCUT2D eigenvalue weighted by Crippen LogP contribution is -2.18. The Morgan fingerprint density at radius 3 is 2.19 bits per heavy atom. The number of hydrogen-bond acceptors (Lipinski definition) is 5. The van der Waals surface area contributed by atoms with E-state index in [1.807, 2.05) is 36.0 Å². The van der Waals surface area contributed by atoms with E-state index < -0.39 is 0 Å². The summed E-state index contributed by atoms with van der Waals surface area (Å²) in [6.45, 7) is 3.91. The van der Waals surface area contributed by atoms with Crippen molar-refractivity contribution in [2.24, 2.45) is 0 Å². The molecular formula is C22H30O3S2. The van der Waals surface area contributed by atoms with Gasteiger partial charge < -0.3 is 9.84 Å². The molecular weight excluding hydrogens is 376 g/mol. The lowest BCUT2D eigenvalue weighted by molar-refractivity contribution is 0.0377. The molecule has 5 heteroatoms. The Hall–Kier alpha value is -1.27. The molecule has 1 N–H and O–H groups in total. The first-order valence-electron chi connectivity index (χ1n) is 9.18. The summed E-state index contributed by atoms with van der Waals surface area (Å²) in [4.78, 5) is 10.0. The van der Waals surface area contributed by atoms with Gasteiger partial charge in [-0.2, -0.15) is 12.6 Å². The summed E-state index contributed by atoms with van der Waals surface area (Å²) in [6, 6.07) is 19.5. The molecule has 3 nitrogen and oxygen atoms in total. The number of aliphatic hydroxyl groups is 1. The van der Waals surface area contributed by atoms with Crippen LogP contribution in [0.25, 0.3) is 0 Å². The quantitative estimate of drug-likeness (QED) is 0.526. The van der Waals surface area contributed by atoms with Crippen LogP contribution in [0.3, 0.4) is 0 Å². The van der Waals surface area contributed by atoms with Crippen LogP contribution in [0.15, 0.2) is 60.7 Å². The van der Waals surface area contributed by atoms with Crippen LogP contribution in [-0.4, -0.2) is 35.1 Å². The van der Waals surface area contributed by atoms with Gasteiger partial charge in [-0.15, -0.1) is 11.8 Å². The van der Waals surface area contributed by atoms with Crippen molar-refractivity contribution >= 4 is 30.7 Å². The van der Waals surface area contributed by atoms with Gasteiger partial charge in [-0.3, -0.25) is 4.79 Å². The molecule has 1 fully saturated rings. The fourth-order valence-electron chi connectivity index (χ4n) is 2.16. The Labute approximate surface area is 172 Å². The van der Waals surface area contributed by atoms with Gasteiger partial charge in [-0.05, 0) is 43.8 Å². The number of thioether (sulfide) groups is 1. The van der Waals surface area contributed by atoms with Gasteiger partial charge in [0, 0.05) is 5.56 Å². The van der Waals surface area contributed by atoms with Crippen molar-refractivity contribution in [3.63, 3.8) is 0 Å². The zero-order chi connectivity index (χ0) is 19.9. The van der Waals surface area contributed by atoms with Gasteiger partial charge >= 0.3 is 0 Å². The highest BCUT2D eigenvalue weighted by molar-refractivity contribution is 7.99. The number of carbonyl (C=O) groups is 1. The summed E-state index contributed by atoms with van der Waals surface area (Å²) in [5.41, 5.74) is 2.27. The van der Waals surface area contributed by atoms with Crippen molar-refractivity contribution < 1.29 is 14.6 Å². The SMILES string of the molecule is CC(O)CCS.CC1CCSC(c2ccccc2)O1.O=Cc1ccccc1. The molecule has 3 rings (SSSR count). The van der Waals surface area contributed by atoms with Crippen molar-refractivity contribution in [1.29, 1.82) is 0 Å². The average Bonchev–Trinajstić information content (AvgIpc) is 2.70. The second-order valence-corrected chi connectivity index (χ2v) is 7.86. The van der Waals surface area contributed by atoms with Crippen molar-refractivity contribution in [2.75, 3.05) is 11.5 Å². The van der Waals surface area contributed by atoms with E-state index in [1.54, 1.807) is 19.1 Å². The lowest BCUT2D eigenvalue weighted by atomic mass is 10.2. The summed E-state index contributed by atoms with van der Waals surface area (Å²) < 4.78 is 5.84. The number of aliphatic hydroxyl groups excluding tert-OH is 1. The summed E-state index contributed by atoms with van der Waals surface area (Å²) in [6.07, 6.45) is 3.03. The van der Waals surface area contributed by atoms with Crippen molar-refractivity contribution in [3.8, 4) is 0 Å². The third-order valence-corrected chi connectivity index (χ3v) is 5.12. The maximum Gasteiger partial charge on any atom is 0.150 e. The Kier molecular flexibility index (Phi) is 13.0. The molecule has 27 heavy (non-hydrogen) atoms. The molecule has 0 aromatic heterocycles. The molecule has 0 aliphatic carbocycles. The number of aldehydes is 1. The van der Waals surface area contributed by atoms with Gasteiger partial charge in [0.25, 0.3) is 0 Å². The molecule has 2 aromatic carbocycles. The summed E-state index contributed by atoms with van der Waals surface area (Å²) >= 11 is 5.80.